The molecule has 1 N–H and O–H groups in total. The molecule has 0 bridgehead atoms. The Morgan fingerprint density at radius 2 is 1.46 bits per heavy atom. The average molecular weight is 372 g/mol. The second-order valence-electron chi connectivity index (χ2n) is 6.76. The fourth-order valence-electron chi connectivity index (χ4n) is 2.75. The van der Waals surface area contributed by atoms with Crippen LogP contribution in [0.2, 0.25) is 0 Å². The maximum absolute atomic E-state index is 12.4. The fraction of sp³-hybridized carbons (Fsp3) is 0.167. The molecule has 0 aliphatic rings. The van der Waals surface area contributed by atoms with Gasteiger partial charge in [-0.1, -0.05) is 74.5 Å². The highest BCUT2D eigenvalue weighted by Crippen LogP contribution is 2.15. The molecule has 0 saturated carbocycles. The molecule has 0 spiro atoms. The Bertz CT molecular complexity index is 918. The first-order valence-corrected chi connectivity index (χ1v) is 9.33. The lowest BCUT2D eigenvalue weighted by Gasteiger charge is -2.11. The molecule has 3 aromatic carbocycles. The summed E-state index contributed by atoms with van der Waals surface area (Å²) in [5.41, 5.74) is 6.14. The van der Waals surface area contributed by atoms with E-state index in [0.717, 1.165) is 22.6 Å². The normalized spacial score (nSPS) is 11.3. The number of nitrogens with one attached hydrogen (secondary N) is 1. The maximum atomic E-state index is 12.4. The van der Waals surface area contributed by atoms with E-state index >= 15 is 0 Å². The van der Waals surface area contributed by atoms with Gasteiger partial charge in [0.2, 0.25) is 0 Å². The molecule has 0 unspecified atom stereocenters. The van der Waals surface area contributed by atoms with Gasteiger partial charge in [-0.2, -0.15) is 5.10 Å². The molecule has 0 saturated heterocycles. The lowest BCUT2D eigenvalue weighted by atomic mass is 10.0. The molecule has 1 amide bonds. The lowest BCUT2D eigenvalue weighted by Crippen LogP contribution is -2.22. The molecule has 4 heteroatoms. The Morgan fingerprint density at radius 1 is 0.857 bits per heavy atom. The number of carbonyl (C=O) groups is 1. The second kappa shape index (κ2) is 9.51. The van der Waals surface area contributed by atoms with Crippen molar-refractivity contribution >= 4 is 11.6 Å². The summed E-state index contributed by atoms with van der Waals surface area (Å²) in [6, 6.07) is 26.9. The molecular weight excluding hydrogens is 348 g/mol. The number of hydrogen-bond donors (Lipinski definition) is 1. The van der Waals surface area contributed by atoms with Crippen LogP contribution < -0.4 is 10.2 Å². The van der Waals surface area contributed by atoms with E-state index in [1.165, 1.54) is 0 Å². The highest BCUT2D eigenvalue weighted by Gasteiger charge is 2.10. The van der Waals surface area contributed by atoms with Crippen molar-refractivity contribution in [2.75, 3.05) is 0 Å². The Hall–Kier alpha value is -3.40. The van der Waals surface area contributed by atoms with E-state index in [1.54, 1.807) is 24.3 Å². The quantitative estimate of drug-likeness (QED) is 0.466. The zero-order valence-corrected chi connectivity index (χ0v) is 16.1. The fourth-order valence-corrected chi connectivity index (χ4v) is 2.75. The van der Waals surface area contributed by atoms with Crippen LogP contribution in [0.1, 0.15) is 35.3 Å². The minimum atomic E-state index is -0.247. The molecule has 0 aliphatic carbocycles. The molecule has 0 aliphatic heterocycles. The number of benzene rings is 3. The van der Waals surface area contributed by atoms with Crippen molar-refractivity contribution in [2.24, 2.45) is 11.0 Å². The van der Waals surface area contributed by atoms with Gasteiger partial charge in [0.15, 0.2) is 0 Å². The summed E-state index contributed by atoms with van der Waals surface area (Å²) < 4.78 is 5.76. The number of nitrogens with zero attached hydrogens (tertiary/aromatic N) is 1. The summed E-state index contributed by atoms with van der Waals surface area (Å²) in [7, 11) is 0. The second-order valence-corrected chi connectivity index (χ2v) is 6.76. The third kappa shape index (κ3) is 5.30. The first kappa shape index (κ1) is 19.4. The SMILES string of the molecule is CC(C)C(=NNC(=O)c1ccc(OCc2ccccc2)cc1)c1ccccc1. The Balaban J connectivity index is 1.62. The van der Waals surface area contributed by atoms with Gasteiger partial charge in [-0.3, -0.25) is 4.79 Å². The van der Waals surface area contributed by atoms with Crippen molar-refractivity contribution in [1.29, 1.82) is 0 Å². The largest absolute Gasteiger partial charge is 0.489 e. The smallest absolute Gasteiger partial charge is 0.271 e. The molecule has 28 heavy (non-hydrogen) atoms. The number of amides is 1. The van der Waals surface area contributed by atoms with E-state index in [0.29, 0.717) is 12.2 Å². The first-order chi connectivity index (χ1) is 13.6. The molecule has 0 aromatic heterocycles. The van der Waals surface area contributed by atoms with Gasteiger partial charge in [-0.15, -0.1) is 0 Å². The first-order valence-electron chi connectivity index (χ1n) is 9.33. The van der Waals surface area contributed by atoms with Gasteiger partial charge in [0.1, 0.15) is 12.4 Å². The van der Waals surface area contributed by atoms with Crippen LogP contribution in [0.5, 0.6) is 5.75 Å². The van der Waals surface area contributed by atoms with E-state index < -0.39 is 0 Å². The third-order valence-corrected chi connectivity index (χ3v) is 4.26. The zero-order valence-electron chi connectivity index (χ0n) is 16.1. The van der Waals surface area contributed by atoms with E-state index in [-0.39, 0.29) is 11.8 Å². The van der Waals surface area contributed by atoms with E-state index in [2.05, 4.69) is 24.4 Å². The predicted molar refractivity (Wildman–Crippen MR) is 112 cm³/mol. The van der Waals surface area contributed by atoms with Crippen LogP contribution >= 0.6 is 0 Å². The highest BCUT2D eigenvalue weighted by atomic mass is 16.5. The van der Waals surface area contributed by atoms with Crippen LogP contribution in [0.4, 0.5) is 0 Å². The van der Waals surface area contributed by atoms with Gasteiger partial charge in [0, 0.05) is 5.56 Å². The van der Waals surface area contributed by atoms with Crippen molar-refractivity contribution < 1.29 is 9.53 Å². The van der Waals surface area contributed by atoms with Gasteiger partial charge >= 0.3 is 0 Å². The van der Waals surface area contributed by atoms with Gasteiger partial charge in [0.05, 0.1) is 5.71 Å². The van der Waals surface area contributed by atoms with Crippen LogP contribution in [-0.2, 0) is 6.61 Å². The van der Waals surface area contributed by atoms with Crippen molar-refractivity contribution in [3.05, 3.63) is 102 Å². The number of hydrogen-bond acceptors (Lipinski definition) is 3. The molecule has 0 fully saturated rings. The van der Waals surface area contributed by atoms with Crippen LogP contribution in [0.15, 0.2) is 90.0 Å². The van der Waals surface area contributed by atoms with Crippen molar-refractivity contribution in [2.45, 2.75) is 20.5 Å². The van der Waals surface area contributed by atoms with Crippen LogP contribution in [0, 0.1) is 5.92 Å². The van der Waals surface area contributed by atoms with E-state index in [4.69, 9.17) is 4.74 Å². The minimum Gasteiger partial charge on any atom is -0.489 e. The standard InChI is InChI=1S/C24H24N2O2/c1-18(2)23(20-11-7-4-8-12-20)25-26-24(27)21-13-15-22(16-14-21)28-17-19-9-5-3-6-10-19/h3-16,18H,17H2,1-2H3,(H,26,27). The van der Waals surface area contributed by atoms with E-state index in [9.17, 15) is 4.79 Å². The number of hydrazone groups is 1. The molecule has 142 valence electrons. The van der Waals surface area contributed by atoms with Crippen molar-refractivity contribution in [3.8, 4) is 5.75 Å². The van der Waals surface area contributed by atoms with E-state index in [1.807, 2.05) is 60.7 Å². The number of rotatable bonds is 7. The van der Waals surface area contributed by atoms with Gasteiger partial charge in [-0.25, -0.2) is 5.43 Å². The van der Waals surface area contributed by atoms with Crippen LogP contribution in [0.3, 0.4) is 0 Å². The average Bonchev–Trinajstić information content (AvgIpc) is 2.74. The predicted octanol–water partition coefficient (Wildman–Crippen LogP) is 5.06. The Labute approximate surface area is 165 Å². The molecule has 3 aromatic rings. The lowest BCUT2D eigenvalue weighted by molar-refractivity contribution is 0.0954. The topological polar surface area (TPSA) is 50.7 Å². The summed E-state index contributed by atoms with van der Waals surface area (Å²) >= 11 is 0. The molecule has 0 heterocycles. The molecular formula is C24H24N2O2. The molecule has 0 radical (unpaired) electrons. The summed E-state index contributed by atoms with van der Waals surface area (Å²) in [5.74, 6) is 0.663. The molecule has 3 rings (SSSR count). The summed E-state index contributed by atoms with van der Waals surface area (Å²) in [4.78, 5) is 12.4. The molecule has 0 atom stereocenters. The summed E-state index contributed by atoms with van der Waals surface area (Å²) in [6.45, 7) is 4.60. The minimum absolute atomic E-state index is 0.191. The number of ether oxygens (including phenoxy) is 1. The van der Waals surface area contributed by atoms with Gasteiger partial charge < -0.3 is 4.74 Å². The van der Waals surface area contributed by atoms with Crippen molar-refractivity contribution in [1.82, 2.24) is 5.43 Å². The number of carbonyl (C=O) groups excluding carboxylic acids is 1. The monoisotopic (exact) mass is 372 g/mol. The zero-order chi connectivity index (χ0) is 19.8. The van der Waals surface area contributed by atoms with Crippen LogP contribution in [-0.4, -0.2) is 11.6 Å². The van der Waals surface area contributed by atoms with Gasteiger partial charge in [-0.05, 0) is 41.3 Å². The molecule has 4 nitrogen and oxygen atoms in total. The Morgan fingerprint density at radius 3 is 2.07 bits per heavy atom. The Kier molecular flexibility index (Phi) is 6.58. The van der Waals surface area contributed by atoms with Gasteiger partial charge in [0.25, 0.3) is 5.91 Å². The van der Waals surface area contributed by atoms with Crippen LogP contribution in [0.25, 0.3) is 0 Å². The van der Waals surface area contributed by atoms with Crippen molar-refractivity contribution in [3.63, 3.8) is 0 Å². The summed E-state index contributed by atoms with van der Waals surface area (Å²) in [6.07, 6.45) is 0. The summed E-state index contributed by atoms with van der Waals surface area (Å²) in [5, 5.41) is 4.35. The third-order valence-electron chi connectivity index (χ3n) is 4.26. The maximum Gasteiger partial charge on any atom is 0.271 e. The highest BCUT2D eigenvalue weighted by molar-refractivity contribution is 6.03.